The fourth-order valence-electron chi connectivity index (χ4n) is 0.648. The van der Waals surface area contributed by atoms with Crippen LogP contribution in [-0.4, -0.2) is 12.5 Å². The molecular weight excluding hydrogens is 176 g/mol. The summed E-state index contributed by atoms with van der Waals surface area (Å²) in [5.41, 5.74) is 0. The molecule has 0 N–H and O–H groups in total. The minimum atomic E-state index is 0. The van der Waals surface area contributed by atoms with Crippen LogP contribution in [0, 0.1) is 5.92 Å². The largest absolute Gasteiger partial charge is 1.00 e. The molecule has 0 aromatic heterocycles. The predicted octanol–water partition coefficient (Wildman–Crippen LogP) is -2.07. The van der Waals surface area contributed by atoms with E-state index in [0.717, 1.165) is 13.0 Å². The van der Waals surface area contributed by atoms with Crippen LogP contribution < -0.4 is 58.2 Å². The normalized spacial score (nSPS) is 26.6. The summed E-state index contributed by atoms with van der Waals surface area (Å²) in [7, 11) is 0. The second-order valence-corrected chi connectivity index (χ2v) is 1.91. The molecule has 1 saturated heterocycles. The van der Waals surface area contributed by atoms with E-state index < -0.39 is 0 Å². The molecule has 0 aromatic rings. The van der Waals surface area contributed by atoms with Gasteiger partial charge in [-0.1, -0.05) is 13.3 Å². The molecule has 0 bridgehead atoms. The van der Waals surface area contributed by atoms with Gasteiger partial charge >= 0.3 is 58.2 Å². The number of rotatable bonds is 0. The molecule has 1 unspecified atom stereocenters. The third kappa shape index (κ3) is 2.25. The van der Waals surface area contributed by atoms with Gasteiger partial charge in [0.05, 0.1) is 5.91 Å². The summed E-state index contributed by atoms with van der Waals surface area (Å²) in [6.07, 6.45) is 0.957. The number of nitrogens with zero attached hydrogens (tertiary/aromatic N) is 1. The average Bonchev–Trinajstić information content (AvgIpc) is 1.91. The molecule has 40 valence electrons. The summed E-state index contributed by atoms with van der Waals surface area (Å²) >= 11 is 0. The van der Waals surface area contributed by atoms with Crippen molar-refractivity contribution in [3.63, 3.8) is 0 Å². The van der Waals surface area contributed by atoms with Gasteiger partial charge in [-0.15, -0.1) is 6.54 Å². The van der Waals surface area contributed by atoms with Gasteiger partial charge < -0.3 is 10.1 Å². The number of carbonyl (C=O) groups excluding carboxylic acids is 1. The summed E-state index contributed by atoms with van der Waals surface area (Å²) in [5, 5.41) is 3.68. The predicted molar refractivity (Wildman–Crippen MR) is 27.0 cm³/mol. The summed E-state index contributed by atoms with van der Waals surface area (Å²) in [6, 6.07) is 0. The smallest absolute Gasteiger partial charge is 0.653 e. The van der Waals surface area contributed by atoms with Crippen LogP contribution >= 0.6 is 0 Å². The Kier molecular flexibility index (Phi) is 4.81. The van der Waals surface area contributed by atoms with Gasteiger partial charge in [-0.3, -0.25) is 0 Å². The second-order valence-electron chi connectivity index (χ2n) is 1.91. The topological polar surface area (TPSA) is 31.2 Å². The summed E-state index contributed by atoms with van der Waals surface area (Å²) < 4.78 is 0. The Labute approximate surface area is 98.2 Å². The quantitative estimate of drug-likeness (QED) is 0.425. The van der Waals surface area contributed by atoms with Gasteiger partial charge in [0, 0.05) is 0 Å². The van der Waals surface area contributed by atoms with Crippen molar-refractivity contribution >= 4 is 5.91 Å². The van der Waals surface area contributed by atoms with Crippen molar-refractivity contribution in [2.24, 2.45) is 5.92 Å². The molecule has 1 atom stereocenters. The van der Waals surface area contributed by atoms with E-state index in [4.69, 9.17) is 0 Å². The summed E-state index contributed by atoms with van der Waals surface area (Å²) in [5.74, 6) is 0.292. The van der Waals surface area contributed by atoms with Crippen molar-refractivity contribution in [2.75, 3.05) is 6.54 Å². The zero-order valence-corrected chi connectivity index (χ0v) is 10.3. The molecule has 0 aliphatic carbocycles. The van der Waals surface area contributed by atoms with E-state index in [1.54, 1.807) is 0 Å². The van der Waals surface area contributed by atoms with Crippen molar-refractivity contribution in [3.8, 4) is 0 Å². The van der Waals surface area contributed by atoms with E-state index >= 15 is 0 Å². The van der Waals surface area contributed by atoms with E-state index in [1.165, 1.54) is 0 Å². The molecule has 0 aromatic carbocycles. The van der Waals surface area contributed by atoms with Crippen molar-refractivity contribution < 1.29 is 63.0 Å². The van der Waals surface area contributed by atoms with Gasteiger partial charge in [0.1, 0.15) is 0 Å². The van der Waals surface area contributed by atoms with Crippen molar-refractivity contribution in [3.05, 3.63) is 5.32 Å². The minimum Gasteiger partial charge on any atom is -0.653 e. The molecule has 0 saturated carbocycles. The maximum atomic E-state index is 10.4. The van der Waals surface area contributed by atoms with E-state index in [0.29, 0.717) is 0 Å². The fraction of sp³-hybridized carbons (Fsp3) is 0.800. The van der Waals surface area contributed by atoms with Crippen LogP contribution in [0.4, 0.5) is 0 Å². The summed E-state index contributed by atoms with van der Waals surface area (Å²) in [4.78, 5) is 10.4. The van der Waals surface area contributed by atoms with Crippen LogP contribution in [-0.2, 0) is 4.79 Å². The van der Waals surface area contributed by atoms with Gasteiger partial charge in [-0.05, 0) is 5.92 Å². The monoisotopic (exact) mass is 183 g/mol. The van der Waals surface area contributed by atoms with Crippen LogP contribution in [0.5, 0.6) is 0 Å². The van der Waals surface area contributed by atoms with Gasteiger partial charge in [-0.2, -0.15) is 0 Å². The first-order valence-electron chi connectivity index (χ1n) is 2.52. The first kappa shape index (κ1) is 9.28. The standard InChI is InChI=1S/C5H9NO.Rb/c1-4-2-3-6-5(4)7;/h4H,2-3H2,1H3,(H,6,7);/q;+1/p-1. The Balaban J connectivity index is 0.000000490. The zero-order chi connectivity index (χ0) is 5.28. The molecule has 0 radical (unpaired) electrons. The van der Waals surface area contributed by atoms with Gasteiger partial charge in [0.25, 0.3) is 0 Å². The van der Waals surface area contributed by atoms with Gasteiger partial charge in [0.2, 0.25) is 0 Å². The fourth-order valence-corrected chi connectivity index (χ4v) is 0.648. The van der Waals surface area contributed by atoms with Gasteiger partial charge in [0.15, 0.2) is 0 Å². The number of carbonyl (C=O) groups is 1. The van der Waals surface area contributed by atoms with Crippen molar-refractivity contribution in [1.29, 1.82) is 0 Å². The Bertz CT molecular complexity index is 94.4. The van der Waals surface area contributed by atoms with Crippen LogP contribution in [0.1, 0.15) is 13.3 Å². The molecule has 8 heavy (non-hydrogen) atoms. The first-order valence-corrected chi connectivity index (χ1v) is 2.52. The molecule has 3 heteroatoms. The maximum Gasteiger partial charge on any atom is 1.00 e. The Morgan fingerprint density at radius 3 is 2.50 bits per heavy atom. The van der Waals surface area contributed by atoms with Crippen LogP contribution in [0.15, 0.2) is 0 Å². The third-order valence-electron chi connectivity index (χ3n) is 1.25. The summed E-state index contributed by atoms with van der Waals surface area (Å²) in [6.45, 7) is 2.67. The molecule has 1 aliphatic rings. The first-order chi connectivity index (χ1) is 3.30. The molecular formula is C5H8NORb. The number of amides is 1. The molecule has 0 spiro atoms. The van der Waals surface area contributed by atoms with E-state index in [9.17, 15) is 4.79 Å². The number of hydrogen-bond donors (Lipinski definition) is 0. The Hall–Kier alpha value is 1.28. The molecule has 1 fully saturated rings. The Morgan fingerprint density at radius 2 is 2.38 bits per heavy atom. The van der Waals surface area contributed by atoms with E-state index in [2.05, 4.69) is 5.32 Å². The van der Waals surface area contributed by atoms with E-state index in [1.807, 2.05) is 6.92 Å². The SMILES string of the molecule is CC1CC[N-]C1=O.[Rb+]. The van der Waals surface area contributed by atoms with E-state index in [-0.39, 0.29) is 70.0 Å². The second kappa shape index (κ2) is 4.15. The van der Waals surface area contributed by atoms with Crippen LogP contribution in [0.25, 0.3) is 5.32 Å². The maximum absolute atomic E-state index is 10.4. The molecule has 1 heterocycles. The van der Waals surface area contributed by atoms with Crippen molar-refractivity contribution in [2.45, 2.75) is 13.3 Å². The average molecular weight is 184 g/mol. The van der Waals surface area contributed by atoms with Crippen LogP contribution in [0.2, 0.25) is 0 Å². The molecule has 1 aliphatic heterocycles. The van der Waals surface area contributed by atoms with Crippen molar-refractivity contribution in [1.82, 2.24) is 0 Å². The van der Waals surface area contributed by atoms with Gasteiger partial charge in [-0.25, -0.2) is 0 Å². The number of hydrogen-bond acceptors (Lipinski definition) is 1. The minimum absolute atomic E-state index is 0. The van der Waals surface area contributed by atoms with Crippen LogP contribution in [0.3, 0.4) is 0 Å². The third-order valence-corrected chi connectivity index (χ3v) is 1.25. The molecule has 2 nitrogen and oxygen atoms in total. The molecule has 1 amide bonds. The zero-order valence-electron chi connectivity index (χ0n) is 5.35. The Morgan fingerprint density at radius 1 is 1.75 bits per heavy atom. The molecule has 1 rings (SSSR count).